The summed E-state index contributed by atoms with van der Waals surface area (Å²) in [6.45, 7) is 4.98. The van der Waals surface area contributed by atoms with Crippen LogP contribution in [0.2, 0.25) is 0 Å². The van der Waals surface area contributed by atoms with E-state index in [4.69, 9.17) is 0 Å². The van der Waals surface area contributed by atoms with Gasteiger partial charge in [0.25, 0.3) is 0 Å². The number of nitrogens with zero attached hydrogens (tertiary/aromatic N) is 5. The Kier molecular flexibility index (Phi) is 5.18. The van der Waals surface area contributed by atoms with Crippen molar-refractivity contribution in [1.82, 2.24) is 19.9 Å². The third-order valence-electron chi connectivity index (χ3n) is 4.52. The zero-order valence-electron chi connectivity index (χ0n) is 14.0. The first-order valence-electron chi connectivity index (χ1n) is 8.37. The van der Waals surface area contributed by atoms with Gasteiger partial charge in [0.15, 0.2) is 0 Å². The summed E-state index contributed by atoms with van der Waals surface area (Å²) in [6, 6.07) is 8.66. The molecule has 0 aliphatic carbocycles. The van der Waals surface area contributed by atoms with E-state index >= 15 is 0 Å². The van der Waals surface area contributed by atoms with Crippen molar-refractivity contribution < 1.29 is 0 Å². The van der Waals surface area contributed by atoms with Gasteiger partial charge in [-0.1, -0.05) is 6.07 Å². The van der Waals surface area contributed by atoms with Crippen molar-refractivity contribution in [3.05, 3.63) is 48.0 Å². The van der Waals surface area contributed by atoms with Crippen LogP contribution in [0.1, 0.15) is 30.7 Å². The van der Waals surface area contributed by atoms with Gasteiger partial charge in [0.1, 0.15) is 0 Å². The minimum atomic E-state index is 0.590. The highest BCUT2D eigenvalue weighted by Crippen LogP contribution is 2.20. The third kappa shape index (κ3) is 4.26. The summed E-state index contributed by atoms with van der Waals surface area (Å²) in [4.78, 5) is 18.2. The summed E-state index contributed by atoms with van der Waals surface area (Å²) in [5.41, 5.74) is 2.17. The van der Waals surface area contributed by atoms with Crippen LogP contribution >= 0.6 is 0 Å². The monoisotopic (exact) mass is 311 g/mol. The Bertz CT molecular complexity index is 616. The van der Waals surface area contributed by atoms with E-state index in [-0.39, 0.29) is 0 Å². The molecule has 5 nitrogen and oxygen atoms in total. The molecule has 0 unspecified atom stereocenters. The average Bonchev–Trinajstić information content (AvgIpc) is 2.82. The van der Waals surface area contributed by atoms with Gasteiger partial charge in [-0.2, -0.15) is 0 Å². The first kappa shape index (κ1) is 15.9. The minimum Gasteiger partial charge on any atom is -0.341 e. The number of aryl methyl sites for hydroxylation is 1. The highest BCUT2D eigenvalue weighted by atomic mass is 15.3. The second-order valence-electron chi connectivity index (χ2n) is 6.31. The third-order valence-corrected chi connectivity index (χ3v) is 4.52. The molecule has 1 fully saturated rings. The number of anilines is 1. The molecule has 0 radical (unpaired) electrons. The van der Waals surface area contributed by atoms with Crippen molar-refractivity contribution >= 4 is 5.95 Å². The molecule has 1 atom stereocenters. The van der Waals surface area contributed by atoms with Crippen molar-refractivity contribution in [2.75, 3.05) is 25.0 Å². The lowest BCUT2D eigenvalue weighted by Gasteiger charge is -2.27. The van der Waals surface area contributed by atoms with E-state index in [9.17, 15) is 0 Å². The van der Waals surface area contributed by atoms with E-state index in [1.165, 1.54) is 12.8 Å². The highest BCUT2D eigenvalue weighted by molar-refractivity contribution is 5.30. The summed E-state index contributed by atoms with van der Waals surface area (Å²) in [7, 11) is 2.21. The van der Waals surface area contributed by atoms with Crippen LogP contribution in [0.4, 0.5) is 5.95 Å². The number of pyridine rings is 1. The molecule has 0 aromatic carbocycles. The lowest BCUT2D eigenvalue weighted by Crippen LogP contribution is -2.33. The SMILES string of the molecule is Cc1ccnc(N2CCC[C@H](N(C)Cc3ccccn3)CC2)n1. The summed E-state index contributed by atoms with van der Waals surface area (Å²) < 4.78 is 0. The van der Waals surface area contributed by atoms with Crippen molar-refractivity contribution in [3.8, 4) is 0 Å². The highest BCUT2D eigenvalue weighted by Gasteiger charge is 2.22. The lowest BCUT2D eigenvalue weighted by molar-refractivity contribution is 0.215. The van der Waals surface area contributed by atoms with Crippen LogP contribution in [0.15, 0.2) is 36.7 Å². The van der Waals surface area contributed by atoms with Crippen molar-refractivity contribution in [1.29, 1.82) is 0 Å². The van der Waals surface area contributed by atoms with Gasteiger partial charge in [-0.3, -0.25) is 9.88 Å². The number of rotatable bonds is 4. The normalized spacial score (nSPS) is 18.9. The van der Waals surface area contributed by atoms with Gasteiger partial charge in [0.2, 0.25) is 5.95 Å². The van der Waals surface area contributed by atoms with E-state index in [0.717, 1.165) is 43.4 Å². The molecule has 0 bridgehead atoms. The topological polar surface area (TPSA) is 45.2 Å². The maximum absolute atomic E-state index is 4.57. The standard InChI is InChI=1S/C18H25N5/c1-15-8-11-20-18(21-15)23-12-5-7-17(9-13-23)22(2)14-16-6-3-4-10-19-16/h3-4,6,8,10-11,17H,5,7,9,12-14H2,1-2H3/t17-/m0/s1. The molecule has 1 aliphatic rings. The van der Waals surface area contributed by atoms with E-state index in [0.29, 0.717) is 6.04 Å². The molecular weight excluding hydrogens is 286 g/mol. The van der Waals surface area contributed by atoms with Crippen LogP contribution in [-0.4, -0.2) is 46.0 Å². The molecule has 0 N–H and O–H groups in total. The predicted molar refractivity (Wildman–Crippen MR) is 92.3 cm³/mol. The Balaban J connectivity index is 1.60. The Morgan fingerprint density at radius 2 is 2.04 bits per heavy atom. The van der Waals surface area contributed by atoms with Crippen LogP contribution in [-0.2, 0) is 6.54 Å². The Morgan fingerprint density at radius 3 is 2.83 bits per heavy atom. The second kappa shape index (κ2) is 7.51. The fourth-order valence-corrected chi connectivity index (χ4v) is 3.18. The van der Waals surface area contributed by atoms with E-state index in [1.54, 1.807) is 0 Å². The predicted octanol–water partition coefficient (Wildman–Crippen LogP) is 2.67. The first-order chi connectivity index (χ1) is 11.2. The fourth-order valence-electron chi connectivity index (χ4n) is 3.18. The summed E-state index contributed by atoms with van der Waals surface area (Å²) in [5.74, 6) is 0.873. The Morgan fingerprint density at radius 1 is 1.13 bits per heavy atom. The average molecular weight is 311 g/mol. The van der Waals surface area contributed by atoms with Gasteiger partial charge < -0.3 is 4.90 Å². The number of hydrogen-bond acceptors (Lipinski definition) is 5. The molecule has 0 saturated carbocycles. The first-order valence-corrected chi connectivity index (χ1v) is 8.37. The van der Waals surface area contributed by atoms with Crippen LogP contribution in [0.3, 0.4) is 0 Å². The fraction of sp³-hybridized carbons (Fsp3) is 0.500. The molecule has 3 heterocycles. The molecule has 2 aromatic rings. The van der Waals surface area contributed by atoms with E-state index in [1.807, 2.05) is 31.5 Å². The molecule has 5 heteroatoms. The van der Waals surface area contributed by atoms with Crippen LogP contribution < -0.4 is 4.90 Å². The lowest BCUT2D eigenvalue weighted by atomic mass is 10.1. The maximum Gasteiger partial charge on any atom is 0.225 e. The van der Waals surface area contributed by atoms with Crippen molar-refractivity contribution in [2.24, 2.45) is 0 Å². The molecule has 1 aliphatic heterocycles. The van der Waals surface area contributed by atoms with Gasteiger partial charge in [0.05, 0.1) is 5.69 Å². The van der Waals surface area contributed by atoms with Gasteiger partial charge >= 0.3 is 0 Å². The van der Waals surface area contributed by atoms with Crippen LogP contribution in [0, 0.1) is 6.92 Å². The Labute approximate surface area is 138 Å². The van der Waals surface area contributed by atoms with Gasteiger partial charge in [-0.05, 0) is 51.4 Å². The van der Waals surface area contributed by atoms with E-state index in [2.05, 4.69) is 43.9 Å². The largest absolute Gasteiger partial charge is 0.341 e. The molecule has 122 valence electrons. The van der Waals surface area contributed by atoms with Gasteiger partial charge in [-0.15, -0.1) is 0 Å². The van der Waals surface area contributed by atoms with Crippen LogP contribution in [0.25, 0.3) is 0 Å². The zero-order valence-corrected chi connectivity index (χ0v) is 14.0. The molecule has 23 heavy (non-hydrogen) atoms. The number of aromatic nitrogens is 3. The minimum absolute atomic E-state index is 0.590. The molecule has 0 spiro atoms. The maximum atomic E-state index is 4.57. The molecule has 1 saturated heterocycles. The summed E-state index contributed by atoms with van der Waals surface area (Å²) in [5, 5.41) is 0. The van der Waals surface area contributed by atoms with Crippen LogP contribution in [0.5, 0.6) is 0 Å². The smallest absolute Gasteiger partial charge is 0.225 e. The second-order valence-corrected chi connectivity index (χ2v) is 6.31. The quantitative estimate of drug-likeness (QED) is 0.868. The molecule has 0 amide bonds. The zero-order chi connectivity index (χ0) is 16.1. The van der Waals surface area contributed by atoms with Crippen molar-refractivity contribution in [2.45, 2.75) is 38.8 Å². The van der Waals surface area contributed by atoms with Crippen molar-refractivity contribution in [3.63, 3.8) is 0 Å². The molecular formula is C18H25N5. The number of hydrogen-bond donors (Lipinski definition) is 0. The molecule has 2 aromatic heterocycles. The molecule has 3 rings (SSSR count). The summed E-state index contributed by atoms with van der Waals surface area (Å²) in [6.07, 6.45) is 7.25. The van der Waals surface area contributed by atoms with Gasteiger partial charge in [-0.25, -0.2) is 9.97 Å². The van der Waals surface area contributed by atoms with Gasteiger partial charge in [0, 0.05) is 43.8 Å². The Hall–Kier alpha value is -2.01. The van der Waals surface area contributed by atoms with E-state index < -0.39 is 0 Å². The summed E-state index contributed by atoms with van der Waals surface area (Å²) >= 11 is 0.